The molecule has 0 aliphatic carbocycles. The van der Waals surface area contributed by atoms with E-state index in [9.17, 15) is 0 Å². The first kappa shape index (κ1) is 11.3. The van der Waals surface area contributed by atoms with Crippen LogP contribution in [-0.2, 0) is 6.54 Å². The Morgan fingerprint density at radius 2 is 2.00 bits per heavy atom. The molecule has 2 aromatic carbocycles. The summed E-state index contributed by atoms with van der Waals surface area (Å²) >= 11 is 0. The molecular formula is C15H13N3O2. The number of nitrogens with two attached hydrogens (primary N) is 1. The highest BCUT2D eigenvalue weighted by Crippen LogP contribution is 2.35. The third-order valence-corrected chi connectivity index (χ3v) is 3.43. The maximum atomic E-state index is 5.66. The monoisotopic (exact) mass is 267 g/mol. The van der Waals surface area contributed by atoms with Gasteiger partial charge in [-0.1, -0.05) is 6.07 Å². The predicted octanol–water partition coefficient (Wildman–Crippen LogP) is 2.42. The Morgan fingerprint density at radius 1 is 1.10 bits per heavy atom. The second-order valence-corrected chi connectivity index (χ2v) is 4.71. The lowest BCUT2D eigenvalue weighted by atomic mass is 10.2. The summed E-state index contributed by atoms with van der Waals surface area (Å²) in [6, 6.07) is 11.8. The van der Waals surface area contributed by atoms with E-state index < -0.39 is 0 Å². The van der Waals surface area contributed by atoms with Gasteiger partial charge >= 0.3 is 0 Å². The Labute approximate surface area is 115 Å². The van der Waals surface area contributed by atoms with E-state index >= 15 is 0 Å². The molecule has 3 N–H and O–H groups in total. The second kappa shape index (κ2) is 4.25. The summed E-state index contributed by atoms with van der Waals surface area (Å²) in [5, 5.41) is 0. The topological polar surface area (TPSA) is 73.2 Å². The second-order valence-electron chi connectivity index (χ2n) is 4.71. The van der Waals surface area contributed by atoms with Crippen LogP contribution >= 0.6 is 0 Å². The number of nitrogens with zero attached hydrogens (tertiary/aromatic N) is 1. The highest BCUT2D eigenvalue weighted by Gasteiger charge is 2.15. The fourth-order valence-electron chi connectivity index (χ4n) is 2.36. The zero-order chi connectivity index (χ0) is 13.5. The molecule has 20 heavy (non-hydrogen) atoms. The van der Waals surface area contributed by atoms with Crippen molar-refractivity contribution < 1.29 is 9.47 Å². The summed E-state index contributed by atoms with van der Waals surface area (Å²) in [6.45, 7) is 0.799. The number of aromatic nitrogens is 2. The molecule has 100 valence electrons. The molecule has 0 atom stereocenters. The first-order valence-corrected chi connectivity index (χ1v) is 6.42. The number of hydrogen-bond donors (Lipinski definition) is 2. The van der Waals surface area contributed by atoms with Crippen LogP contribution in [0.5, 0.6) is 11.5 Å². The Balaban J connectivity index is 1.81. The van der Waals surface area contributed by atoms with Gasteiger partial charge in [0, 0.05) is 12.1 Å². The van der Waals surface area contributed by atoms with Crippen molar-refractivity contribution in [1.82, 2.24) is 9.97 Å². The summed E-state index contributed by atoms with van der Waals surface area (Å²) < 4.78 is 10.7. The highest BCUT2D eigenvalue weighted by molar-refractivity contribution is 5.80. The summed E-state index contributed by atoms with van der Waals surface area (Å²) in [4.78, 5) is 7.91. The largest absolute Gasteiger partial charge is 0.454 e. The van der Waals surface area contributed by atoms with Crippen LogP contribution in [0.4, 0.5) is 0 Å². The van der Waals surface area contributed by atoms with Crippen LogP contribution in [-0.4, -0.2) is 16.8 Å². The molecule has 1 aromatic heterocycles. The van der Waals surface area contributed by atoms with E-state index in [2.05, 4.69) is 9.97 Å². The molecule has 0 spiro atoms. The minimum atomic E-state index is 0.277. The van der Waals surface area contributed by atoms with Crippen molar-refractivity contribution in [1.29, 1.82) is 0 Å². The van der Waals surface area contributed by atoms with Gasteiger partial charge in [0.25, 0.3) is 0 Å². The third kappa shape index (κ3) is 1.71. The number of H-pyrrole nitrogens is 1. The molecule has 0 amide bonds. The van der Waals surface area contributed by atoms with Gasteiger partial charge in [-0.15, -0.1) is 0 Å². The Bertz CT molecular complexity index is 795. The van der Waals surface area contributed by atoms with Crippen LogP contribution in [0.1, 0.15) is 5.56 Å². The van der Waals surface area contributed by atoms with Crippen LogP contribution in [0.3, 0.4) is 0 Å². The standard InChI is InChI=1S/C15H13N3O2/c16-7-9-1-3-11-12(5-9)18-15(17-11)10-2-4-13-14(6-10)20-8-19-13/h1-6H,7-8,16H2,(H,17,18). The average Bonchev–Trinajstić information content (AvgIpc) is 3.11. The molecule has 2 heterocycles. The lowest BCUT2D eigenvalue weighted by molar-refractivity contribution is 0.174. The van der Waals surface area contributed by atoms with Gasteiger partial charge in [-0.2, -0.15) is 0 Å². The lowest BCUT2D eigenvalue weighted by Gasteiger charge is -1.99. The van der Waals surface area contributed by atoms with Gasteiger partial charge in [-0.3, -0.25) is 0 Å². The van der Waals surface area contributed by atoms with Gasteiger partial charge < -0.3 is 20.2 Å². The minimum absolute atomic E-state index is 0.277. The van der Waals surface area contributed by atoms with Crippen molar-refractivity contribution in [3.05, 3.63) is 42.0 Å². The van der Waals surface area contributed by atoms with Crippen LogP contribution < -0.4 is 15.2 Å². The van der Waals surface area contributed by atoms with Crippen LogP contribution in [0.15, 0.2) is 36.4 Å². The zero-order valence-electron chi connectivity index (χ0n) is 10.7. The van der Waals surface area contributed by atoms with Crippen LogP contribution in [0.2, 0.25) is 0 Å². The van der Waals surface area contributed by atoms with Crippen molar-refractivity contribution in [3.63, 3.8) is 0 Å². The van der Waals surface area contributed by atoms with E-state index in [0.29, 0.717) is 6.54 Å². The maximum Gasteiger partial charge on any atom is 0.231 e. The maximum absolute atomic E-state index is 5.66. The molecule has 1 aliphatic heterocycles. The Kier molecular flexibility index (Phi) is 2.40. The molecule has 0 bridgehead atoms. The van der Waals surface area contributed by atoms with Crippen molar-refractivity contribution >= 4 is 11.0 Å². The van der Waals surface area contributed by atoms with Crippen molar-refractivity contribution in [2.75, 3.05) is 6.79 Å². The van der Waals surface area contributed by atoms with Crippen LogP contribution in [0, 0.1) is 0 Å². The number of rotatable bonds is 2. The summed E-state index contributed by atoms with van der Waals surface area (Å²) in [6.07, 6.45) is 0. The minimum Gasteiger partial charge on any atom is -0.454 e. The molecule has 0 saturated heterocycles. The lowest BCUT2D eigenvalue weighted by Crippen LogP contribution is -1.95. The molecule has 3 aromatic rings. The molecule has 4 rings (SSSR count). The van der Waals surface area contributed by atoms with Crippen molar-refractivity contribution in [3.8, 4) is 22.9 Å². The number of ether oxygens (including phenoxy) is 2. The molecule has 0 fully saturated rings. The number of hydrogen-bond acceptors (Lipinski definition) is 4. The highest BCUT2D eigenvalue weighted by atomic mass is 16.7. The number of nitrogens with one attached hydrogen (secondary N) is 1. The number of benzene rings is 2. The van der Waals surface area contributed by atoms with Gasteiger partial charge in [0.2, 0.25) is 6.79 Å². The zero-order valence-corrected chi connectivity index (χ0v) is 10.7. The SMILES string of the molecule is NCc1ccc2nc(-c3ccc4c(c3)OCO4)[nH]c2c1. The summed E-state index contributed by atoms with van der Waals surface area (Å²) in [5.41, 5.74) is 9.62. The van der Waals surface area contributed by atoms with Gasteiger partial charge in [0.15, 0.2) is 11.5 Å². The van der Waals surface area contributed by atoms with E-state index in [-0.39, 0.29) is 6.79 Å². The van der Waals surface area contributed by atoms with Gasteiger partial charge in [0.1, 0.15) is 5.82 Å². The first-order valence-electron chi connectivity index (χ1n) is 6.42. The number of fused-ring (bicyclic) bond motifs is 2. The quantitative estimate of drug-likeness (QED) is 0.748. The molecule has 0 unspecified atom stereocenters. The van der Waals surface area contributed by atoms with Gasteiger partial charge in [0.05, 0.1) is 11.0 Å². The molecule has 0 radical (unpaired) electrons. The van der Waals surface area contributed by atoms with Gasteiger partial charge in [-0.05, 0) is 35.9 Å². The summed E-state index contributed by atoms with van der Waals surface area (Å²) in [7, 11) is 0. The molecule has 5 heteroatoms. The van der Waals surface area contributed by atoms with Gasteiger partial charge in [-0.25, -0.2) is 4.98 Å². The summed E-state index contributed by atoms with van der Waals surface area (Å²) in [5.74, 6) is 2.34. The Morgan fingerprint density at radius 3 is 2.90 bits per heavy atom. The normalized spacial score (nSPS) is 13.1. The van der Waals surface area contributed by atoms with E-state index in [0.717, 1.165) is 39.5 Å². The average molecular weight is 267 g/mol. The number of imidazole rings is 1. The molecule has 1 aliphatic rings. The van der Waals surface area contributed by atoms with E-state index in [1.807, 2.05) is 36.4 Å². The van der Waals surface area contributed by atoms with Crippen molar-refractivity contribution in [2.45, 2.75) is 6.54 Å². The Hall–Kier alpha value is -2.53. The van der Waals surface area contributed by atoms with E-state index in [1.165, 1.54) is 0 Å². The predicted molar refractivity (Wildman–Crippen MR) is 75.5 cm³/mol. The van der Waals surface area contributed by atoms with Crippen LogP contribution in [0.25, 0.3) is 22.4 Å². The van der Waals surface area contributed by atoms with E-state index in [1.54, 1.807) is 0 Å². The molecule has 0 saturated carbocycles. The fourth-order valence-corrected chi connectivity index (χ4v) is 2.36. The first-order chi connectivity index (χ1) is 9.83. The van der Waals surface area contributed by atoms with Crippen molar-refractivity contribution in [2.24, 2.45) is 5.73 Å². The molecule has 5 nitrogen and oxygen atoms in total. The molecular weight excluding hydrogens is 254 g/mol. The smallest absolute Gasteiger partial charge is 0.231 e. The number of aromatic amines is 1. The van der Waals surface area contributed by atoms with E-state index in [4.69, 9.17) is 15.2 Å². The third-order valence-electron chi connectivity index (χ3n) is 3.43. The fraction of sp³-hybridized carbons (Fsp3) is 0.133.